The highest BCUT2D eigenvalue weighted by molar-refractivity contribution is 5.86. The molecule has 1 saturated heterocycles. The lowest BCUT2D eigenvalue weighted by atomic mass is 9.98. The summed E-state index contributed by atoms with van der Waals surface area (Å²) < 4.78 is 5.62. The lowest BCUT2D eigenvalue weighted by molar-refractivity contribution is -0.149. The summed E-state index contributed by atoms with van der Waals surface area (Å²) in [6, 6.07) is 15.5. The molecule has 0 unspecified atom stereocenters. The molecule has 0 aromatic heterocycles. The number of carboxylic acid groups (broad SMARTS) is 1. The Kier molecular flexibility index (Phi) is 5.79. The van der Waals surface area contributed by atoms with Crippen LogP contribution in [0.5, 0.6) is 0 Å². The van der Waals surface area contributed by atoms with Crippen LogP contribution in [0.2, 0.25) is 0 Å². The Morgan fingerprint density at radius 3 is 2.30 bits per heavy atom. The maximum atomic E-state index is 12.8. The number of hydrogen-bond acceptors (Lipinski definition) is 4. The van der Waals surface area contributed by atoms with E-state index in [2.05, 4.69) is 29.6 Å². The summed E-state index contributed by atoms with van der Waals surface area (Å²) in [6.07, 6.45) is 2.61. The number of nitrogens with zero attached hydrogens (tertiary/aromatic N) is 1. The Bertz CT molecular complexity index is 1040. The van der Waals surface area contributed by atoms with Crippen molar-refractivity contribution in [2.45, 2.75) is 50.1 Å². The molecule has 0 radical (unpaired) electrons. The Morgan fingerprint density at radius 2 is 1.64 bits per heavy atom. The van der Waals surface area contributed by atoms with Gasteiger partial charge < -0.3 is 20.1 Å². The highest BCUT2D eigenvalue weighted by atomic mass is 16.5. The van der Waals surface area contributed by atoms with Crippen molar-refractivity contribution in [2.75, 3.05) is 13.2 Å². The SMILES string of the molecule is O=C(N[C@H]1CC[C@@H](C(=O)N2CCC[C@@H]2C(=O)O)C1)OCC1c2ccccc2-c2ccccc21. The van der Waals surface area contributed by atoms with Gasteiger partial charge in [-0.3, -0.25) is 4.79 Å². The van der Waals surface area contributed by atoms with Crippen molar-refractivity contribution >= 4 is 18.0 Å². The minimum absolute atomic E-state index is 0.00386. The number of amides is 2. The molecule has 5 rings (SSSR count). The molecule has 7 nitrogen and oxygen atoms in total. The summed E-state index contributed by atoms with van der Waals surface area (Å²) in [5.41, 5.74) is 4.69. The standard InChI is InChI=1S/C26H28N2O5/c29-24(28-13-5-10-23(28)25(30)31)16-11-12-17(14-16)27-26(32)33-15-22-20-8-3-1-6-18(20)19-7-2-4-9-21(19)22/h1-4,6-9,16-17,22-23H,5,10-15H2,(H,27,32)(H,30,31)/t16-,17+,23-/m1/s1. The number of hydrogen-bond donors (Lipinski definition) is 2. The van der Waals surface area contributed by atoms with Gasteiger partial charge in [-0.25, -0.2) is 9.59 Å². The summed E-state index contributed by atoms with van der Waals surface area (Å²) >= 11 is 0. The van der Waals surface area contributed by atoms with Gasteiger partial charge in [0.25, 0.3) is 0 Å². The normalized spacial score (nSPS) is 23.8. The number of carboxylic acids is 1. The van der Waals surface area contributed by atoms with E-state index in [-0.39, 0.29) is 30.4 Å². The van der Waals surface area contributed by atoms with E-state index in [0.717, 1.165) is 17.5 Å². The number of alkyl carbamates (subject to hydrolysis) is 1. The number of rotatable bonds is 5. The van der Waals surface area contributed by atoms with Crippen LogP contribution in [0, 0.1) is 5.92 Å². The lowest BCUT2D eigenvalue weighted by Gasteiger charge is -2.24. The van der Waals surface area contributed by atoms with Crippen LogP contribution >= 0.6 is 0 Å². The van der Waals surface area contributed by atoms with Crippen LogP contribution in [0.4, 0.5) is 4.79 Å². The number of benzene rings is 2. The molecule has 33 heavy (non-hydrogen) atoms. The number of likely N-dealkylation sites (tertiary alicyclic amines) is 1. The van der Waals surface area contributed by atoms with Gasteiger partial charge in [0, 0.05) is 24.4 Å². The Labute approximate surface area is 192 Å². The minimum atomic E-state index is -0.938. The third kappa shape index (κ3) is 4.08. The van der Waals surface area contributed by atoms with Crippen molar-refractivity contribution in [1.29, 1.82) is 0 Å². The van der Waals surface area contributed by atoms with E-state index in [9.17, 15) is 19.5 Å². The fourth-order valence-electron chi connectivity index (χ4n) is 5.67. The van der Waals surface area contributed by atoms with Crippen molar-refractivity contribution in [3.63, 3.8) is 0 Å². The quantitative estimate of drug-likeness (QED) is 0.726. The van der Waals surface area contributed by atoms with E-state index in [1.54, 1.807) is 0 Å². The minimum Gasteiger partial charge on any atom is -0.480 e. The zero-order valence-electron chi connectivity index (χ0n) is 18.4. The predicted octanol–water partition coefficient (Wildman–Crippen LogP) is 3.77. The molecule has 2 aromatic rings. The van der Waals surface area contributed by atoms with E-state index in [4.69, 9.17) is 4.74 Å². The van der Waals surface area contributed by atoms with Crippen LogP contribution in [0.25, 0.3) is 11.1 Å². The zero-order valence-corrected chi connectivity index (χ0v) is 18.4. The first-order chi connectivity index (χ1) is 16.0. The topological polar surface area (TPSA) is 95.9 Å². The van der Waals surface area contributed by atoms with Crippen LogP contribution < -0.4 is 5.32 Å². The number of carbonyl (C=O) groups is 3. The van der Waals surface area contributed by atoms with E-state index < -0.39 is 18.1 Å². The number of carbonyl (C=O) groups excluding carboxylic acids is 2. The molecule has 0 bridgehead atoms. The first-order valence-electron chi connectivity index (χ1n) is 11.7. The second kappa shape index (κ2) is 8.89. The van der Waals surface area contributed by atoms with Gasteiger partial charge in [0.15, 0.2) is 0 Å². The van der Waals surface area contributed by atoms with Crippen LogP contribution in [0.15, 0.2) is 48.5 Å². The van der Waals surface area contributed by atoms with Gasteiger partial charge in [-0.05, 0) is 54.4 Å². The fraction of sp³-hybridized carbons (Fsp3) is 0.423. The van der Waals surface area contributed by atoms with Crippen LogP contribution in [-0.4, -0.2) is 53.2 Å². The first kappa shape index (κ1) is 21.5. The fourth-order valence-corrected chi connectivity index (χ4v) is 5.67. The van der Waals surface area contributed by atoms with Gasteiger partial charge in [-0.1, -0.05) is 48.5 Å². The molecule has 2 N–H and O–H groups in total. The summed E-state index contributed by atoms with van der Waals surface area (Å²) in [5, 5.41) is 12.3. The molecule has 7 heteroatoms. The second-order valence-electron chi connectivity index (χ2n) is 9.20. The van der Waals surface area contributed by atoms with E-state index in [1.165, 1.54) is 16.0 Å². The van der Waals surface area contributed by atoms with E-state index in [0.29, 0.717) is 32.2 Å². The number of aliphatic carboxylic acids is 1. The van der Waals surface area contributed by atoms with Gasteiger partial charge in [0.05, 0.1) is 0 Å². The van der Waals surface area contributed by atoms with Crippen molar-refractivity contribution < 1.29 is 24.2 Å². The number of nitrogens with one attached hydrogen (secondary N) is 1. The Morgan fingerprint density at radius 1 is 0.970 bits per heavy atom. The molecule has 2 aliphatic carbocycles. The van der Waals surface area contributed by atoms with Gasteiger partial charge in [0.1, 0.15) is 12.6 Å². The molecule has 172 valence electrons. The van der Waals surface area contributed by atoms with Crippen molar-refractivity contribution in [2.24, 2.45) is 5.92 Å². The summed E-state index contributed by atoms with van der Waals surface area (Å²) in [5.74, 6) is -1.28. The van der Waals surface area contributed by atoms with Gasteiger partial charge in [0.2, 0.25) is 5.91 Å². The zero-order chi connectivity index (χ0) is 22.9. The van der Waals surface area contributed by atoms with Crippen LogP contribution in [0.3, 0.4) is 0 Å². The molecule has 1 heterocycles. The summed E-state index contributed by atoms with van der Waals surface area (Å²) in [7, 11) is 0. The number of fused-ring (bicyclic) bond motifs is 3. The first-order valence-corrected chi connectivity index (χ1v) is 11.7. The maximum Gasteiger partial charge on any atom is 0.407 e. The van der Waals surface area contributed by atoms with Gasteiger partial charge in [-0.2, -0.15) is 0 Å². The summed E-state index contributed by atoms with van der Waals surface area (Å²) in [4.78, 5) is 38.3. The van der Waals surface area contributed by atoms with Crippen molar-refractivity contribution in [3.8, 4) is 11.1 Å². The monoisotopic (exact) mass is 448 g/mol. The molecular formula is C26H28N2O5. The molecule has 1 aliphatic heterocycles. The number of ether oxygens (including phenoxy) is 1. The smallest absolute Gasteiger partial charge is 0.407 e. The molecule has 2 amide bonds. The highest BCUT2D eigenvalue weighted by Crippen LogP contribution is 2.44. The Balaban J connectivity index is 1.16. The van der Waals surface area contributed by atoms with E-state index >= 15 is 0 Å². The predicted molar refractivity (Wildman–Crippen MR) is 122 cm³/mol. The maximum absolute atomic E-state index is 12.8. The van der Waals surface area contributed by atoms with Crippen molar-refractivity contribution in [3.05, 3.63) is 59.7 Å². The van der Waals surface area contributed by atoms with Crippen LogP contribution in [-0.2, 0) is 14.3 Å². The molecule has 2 aromatic carbocycles. The molecular weight excluding hydrogens is 420 g/mol. The highest BCUT2D eigenvalue weighted by Gasteiger charge is 2.40. The average molecular weight is 449 g/mol. The lowest BCUT2D eigenvalue weighted by Crippen LogP contribution is -2.43. The van der Waals surface area contributed by atoms with E-state index in [1.807, 2.05) is 24.3 Å². The third-order valence-electron chi connectivity index (χ3n) is 7.27. The Hall–Kier alpha value is -3.35. The largest absolute Gasteiger partial charge is 0.480 e. The molecule has 0 spiro atoms. The molecule has 1 saturated carbocycles. The molecule has 3 aliphatic rings. The van der Waals surface area contributed by atoms with Gasteiger partial charge in [-0.15, -0.1) is 0 Å². The molecule has 2 fully saturated rings. The molecule has 3 atom stereocenters. The van der Waals surface area contributed by atoms with Crippen LogP contribution in [0.1, 0.15) is 49.1 Å². The van der Waals surface area contributed by atoms with Gasteiger partial charge >= 0.3 is 12.1 Å². The average Bonchev–Trinajstić information content (AvgIpc) is 3.55. The third-order valence-corrected chi connectivity index (χ3v) is 7.27. The summed E-state index contributed by atoms with van der Waals surface area (Å²) in [6.45, 7) is 0.750. The van der Waals surface area contributed by atoms with Crippen molar-refractivity contribution in [1.82, 2.24) is 10.2 Å². The second-order valence-corrected chi connectivity index (χ2v) is 9.20.